The van der Waals surface area contributed by atoms with Gasteiger partial charge in [-0.1, -0.05) is 28.8 Å². The lowest BCUT2D eigenvalue weighted by Gasteiger charge is -2.13. The van der Waals surface area contributed by atoms with Gasteiger partial charge in [-0.2, -0.15) is 0 Å². The van der Waals surface area contributed by atoms with E-state index in [1.54, 1.807) is 6.07 Å². The maximum atomic E-state index is 12.5. The number of benzene rings is 1. The number of aromatic nitrogens is 2. The van der Waals surface area contributed by atoms with Crippen LogP contribution in [0.25, 0.3) is 0 Å². The first kappa shape index (κ1) is 16.9. The highest BCUT2D eigenvalue weighted by Crippen LogP contribution is 2.22. The lowest BCUT2D eigenvalue weighted by atomic mass is 10.2. The van der Waals surface area contributed by atoms with Crippen molar-refractivity contribution in [3.63, 3.8) is 0 Å². The molecule has 1 saturated carbocycles. The van der Waals surface area contributed by atoms with Gasteiger partial charge in [0.25, 0.3) is 5.91 Å². The Morgan fingerprint density at radius 3 is 2.62 bits per heavy atom. The summed E-state index contributed by atoms with van der Waals surface area (Å²) >= 11 is 3.46. The standard InChI is InChI=1S/C18H21BrN4O/c1-11-9-14(7-8-15(11)19)21-17(24)16-10-12(2)20-18(23-16)22-13-5-3-4-6-13/h7-10,13H,3-6H2,1-2H3,(H,21,24)(H,20,22,23). The maximum absolute atomic E-state index is 12.5. The first-order valence-corrected chi connectivity index (χ1v) is 9.00. The van der Waals surface area contributed by atoms with Gasteiger partial charge in [0.2, 0.25) is 5.95 Å². The number of halogens is 1. The summed E-state index contributed by atoms with van der Waals surface area (Å²) in [6.07, 6.45) is 4.74. The van der Waals surface area contributed by atoms with Crippen LogP contribution in [-0.4, -0.2) is 21.9 Å². The van der Waals surface area contributed by atoms with Gasteiger partial charge in [0.15, 0.2) is 0 Å². The molecule has 126 valence electrons. The van der Waals surface area contributed by atoms with Crippen LogP contribution in [0, 0.1) is 13.8 Å². The summed E-state index contributed by atoms with van der Waals surface area (Å²) in [4.78, 5) is 21.3. The van der Waals surface area contributed by atoms with E-state index in [2.05, 4.69) is 36.5 Å². The maximum Gasteiger partial charge on any atom is 0.274 e. The second-order valence-corrected chi connectivity index (χ2v) is 7.12. The molecule has 0 unspecified atom stereocenters. The summed E-state index contributed by atoms with van der Waals surface area (Å²) in [6.45, 7) is 3.86. The quantitative estimate of drug-likeness (QED) is 0.810. The molecule has 0 radical (unpaired) electrons. The van der Waals surface area contributed by atoms with Crippen molar-refractivity contribution in [3.05, 3.63) is 45.7 Å². The minimum Gasteiger partial charge on any atom is -0.351 e. The average molecular weight is 389 g/mol. The molecule has 1 aromatic carbocycles. The Morgan fingerprint density at radius 1 is 1.17 bits per heavy atom. The minimum absolute atomic E-state index is 0.225. The Hall–Kier alpha value is -1.95. The summed E-state index contributed by atoms with van der Waals surface area (Å²) < 4.78 is 1.02. The van der Waals surface area contributed by atoms with Crippen LogP contribution < -0.4 is 10.6 Å². The van der Waals surface area contributed by atoms with Crippen molar-refractivity contribution >= 4 is 33.5 Å². The monoisotopic (exact) mass is 388 g/mol. The number of amides is 1. The third kappa shape index (κ3) is 4.12. The lowest BCUT2D eigenvalue weighted by Crippen LogP contribution is -2.20. The van der Waals surface area contributed by atoms with Crippen molar-refractivity contribution in [1.29, 1.82) is 0 Å². The van der Waals surface area contributed by atoms with Gasteiger partial charge in [-0.05, 0) is 56.5 Å². The van der Waals surface area contributed by atoms with Crippen LogP contribution in [-0.2, 0) is 0 Å². The number of aryl methyl sites for hydroxylation is 2. The van der Waals surface area contributed by atoms with Crippen molar-refractivity contribution in [3.8, 4) is 0 Å². The molecule has 0 atom stereocenters. The number of carbonyl (C=O) groups excluding carboxylic acids is 1. The molecule has 1 fully saturated rings. The van der Waals surface area contributed by atoms with E-state index in [4.69, 9.17) is 0 Å². The van der Waals surface area contributed by atoms with E-state index in [-0.39, 0.29) is 5.91 Å². The molecule has 0 spiro atoms. The number of hydrogen-bond donors (Lipinski definition) is 2. The van der Waals surface area contributed by atoms with E-state index in [0.29, 0.717) is 17.7 Å². The van der Waals surface area contributed by atoms with E-state index >= 15 is 0 Å². The van der Waals surface area contributed by atoms with Crippen molar-refractivity contribution in [2.24, 2.45) is 0 Å². The summed E-state index contributed by atoms with van der Waals surface area (Å²) in [7, 11) is 0. The zero-order chi connectivity index (χ0) is 17.1. The first-order valence-electron chi connectivity index (χ1n) is 8.21. The van der Waals surface area contributed by atoms with Crippen molar-refractivity contribution in [2.45, 2.75) is 45.6 Å². The highest BCUT2D eigenvalue weighted by atomic mass is 79.9. The third-order valence-electron chi connectivity index (χ3n) is 4.19. The average Bonchev–Trinajstić information content (AvgIpc) is 3.03. The van der Waals surface area contributed by atoms with Gasteiger partial charge < -0.3 is 10.6 Å². The molecule has 1 amide bonds. The molecular weight excluding hydrogens is 368 g/mol. The minimum atomic E-state index is -0.225. The summed E-state index contributed by atoms with van der Waals surface area (Å²) in [5.74, 6) is 0.315. The molecule has 0 saturated heterocycles. The third-order valence-corrected chi connectivity index (χ3v) is 5.08. The number of hydrogen-bond acceptors (Lipinski definition) is 4. The highest BCUT2D eigenvalue weighted by molar-refractivity contribution is 9.10. The van der Waals surface area contributed by atoms with Crippen molar-refractivity contribution in [2.75, 3.05) is 10.6 Å². The fourth-order valence-corrected chi connectivity index (χ4v) is 3.17. The molecule has 1 heterocycles. The normalized spacial score (nSPS) is 14.6. The summed E-state index contributed by atoms with van der Waals surface area (Å²) in [5, 5.41) is 6.25. The second kappa shape index (κ2) is 7.30. The van der Waals surface area contributed by atoms with Crippen LogP contribution in [0.4, 0.5) is 11.6 Å². The number of anilines is 2. The van der Waals surface area contributed by atoms with Gasteiger partial charge in [-0.15, -0.1) is 0 Å². The van der Waals surface area contributed by atoms with Crippen LogP contribution in [0.5, 0.6) is 0 Å². The van der Waals surface area contributed by atoms with Crippen LogP contribution >= 0.6 is 15.9 Å². The SMILES string of the molecule is Cc1cc(C(=O)Nc2ccc(Br)c(C)c2)nc(NC2CCCC2)n1. The van der Waals surface area contributed by atoms with E-state index in [9.17, 15) is 4.79 Å². The van der Waals surface area contributed by atoms with Gasteiger partial charge >= 0.3 is 0 Å². The topological polar surface area (TPSA) is 66.9 Å². The molecule has 6 heteroatoms. The molecule has 5 nitrogen and oxygen atoms in total. The second-order valence-electron chi connectivity index (χ2n) is 6.26. The van der Waals surface area contributed by atoms with Gasteiger partial charge in [0, 0.05) is 21.9 Å². The predicted octanol–water partition coefficient (Wildman–Crippen LogP) is 4.46. The first-order chi connectivity index (χ1) is 11.5. The smallest absolute Gasteiger partial charge is 0.274 e. The van der Waals surface area contributed by atoms with Crippen molar-refractivity contribution in [1.82, 2.24) is 9.97 Å². The molecule has 24 heavy (non-hydrogen) atoms. The Bertz CT molecular complexity index is 757. The Labute approximate surface area is 150 Å². The zero-order valence-electron chi connectivity index (χ0n) is 13.9. The predicted molar refractivity (Wildman–Crippen MR) is 99.5 cm³/mol. The van der Waals surface area contributed by atoms with E-state index < -0.39 is 0 Å². The number of carbonyl (C=O) groups is 1. The van der Waals surface area contributed by atoms with Gasteiger partial charge in [0.1, 0.15) is 5.69 Å². The Kier molecular flexibility index (Phi) is 5.14. The number of nitrogens with zero attached hydrogens (tertiary/aromatic N) is 2. The van der Waals surface area contributed by atoms with Crippen LogP contribution in [0.15, 0.2) is 28.7 Å². The largest absolute Gasteiger partial charge is 0.351 e. The molecule has 0 bridgehead atoms. The Morgan fingerprint density at radius 2 is 1.92 bits per heavy atom. The van der Waals surface area contributed by atoms with Crippen LogP contribution in [0.1, 0.15) is 47.4 Å². The van der Waals surface area contributed by atoms with Crippen LogP contribution in [0.2, 0.25) is 0 Å². The lowest BCUT2D eigenvalue weighted by molar-refractivity contribution is 0.102. The molecule has 3 rings (SSSR count). The number of nitrogens with one attached hydrogen (secondary N) is 2. The van der Waals surface area contributed by atoms with E-state index in [0.717, 1.165) is 34.3 Å². The molecule has 1 aliphatic rings. The number of rotatable bonds is 4. The summed E-state index contributed by atoms with van der Waals surface area (Å²) in [5.41, 5.74) is 2.98. The Balaban J connectivity index is 1.75. The molecule has 0 aliphatic heterocycles. The van der Waals surface area contributed by atoms with Gasteiger partial charge in [-0.3, -0.25) is 4.79 Å². The fourth-order valence-electron chi connectivity index (χ4n) is 2.92. The molecule has 1 aliphatic carbocycles. The van der Waals surface area contributed by atoms with Gasteiger partial charge in [-0.25, -0.2) is 9.97 Å². The zero-order valence-corrected chi connectivity index (χ0v) is 15.5. The molecule has 2 N–H and O–H groups in total. The van der Waals surface area contributed by atoms with Gasteiger partial charge in [0.05, 0.1) is 0 Å². The molecular formula is C18H21BrN4O. The van der Waals surface area contributed by atoms with Crippen LogP contribution in [0.3, 0.4) is 0 Å². The molecule has 1 aromatic heterocycles. The molecule has 2 aromatic rings. The highest BCUT2D eigenvalue weighted by Gasteiger charge is 2.17. The van der Waals surface area contributed by atoms with E-state index in [1.807, 2.05) is 32.0 Å². The fraction of sp³-hybridized carbons (Fsp3) is 0.389. The van der Waals surface area contributed by atoms with E-state index in [1.165, 1.54) is 12.8 Å². The van der Waals surface area contributed by atoms with Crippen molar-refractivity contribution < 1.29 is 4.79 Å². The summed E-state index contributed by atoms with van der Waals surface area (Å²) in [6, 6.07) is 7.83.